The first kappa shape index (κ1) is 22.6. The van der Waals surface area contributed by atoms with Gasteiger partial charge in [0.15, 0.2) is 0 Å². The number of amides is 1. The minimum atomic E-state index is -0.742. The molecule has 0 heterocycles. The standard InChI is InChI=1S/C21H15ClFN3O6/c22-19-9-14(4-7-20(19)23)24-21(27)8-3-13-1-5-17(6-2-13)32-18-11-15(25(28)29)10-16(12-18)26(30)31/h1-2,4-7,9-12H,3,8H2,(H,24,27). The topological polar surface area (TPSA) is 125 Å². The van der Waals surface area contributed by atoms with Crippen LogP contribution in [0.5, 0.6) is 11.5 Å². The second kappa shape index (κ2) is 9.84. The lowest BCUT2D eigenvalue weighted by Gasteiger charge is -2.08. The number of nitrogens with zero attached hydrogens (tertiary/aromatic N) is 2. The monoisotopic (exact) mass is 459 g/mol. The van der Waals surface area contributed by atoms with E-state index < -0.39 is 27.0 Å². The van der Waals surface area contributed by atoms with Crippen molar-refractivity contribution in [2.45, 2.75) is 12.8 Å². The molecule has 1 amide bonds. The molecule has 0 aromatic heterocycles. The Labute approximate surface area is 185 Å². The Hall–Kier alpha value is -4.05. The number of aryl methyl sites for hydroxylation is 1. The number of anilines is 1. The summed E-state index contributed by atoms with van der Waals surface area (Å²) in [5.74, 6) is -0.589. The smallest absolute Gasteiger partial charge is 0.280 e. The molecule has 1 N–H and O–H groups in total. The van der Waals surface area contributed by atoms with Gasteiger partial charge in [-0.15, -0.1) is 0 Å². The maximum atomic E-state index is 13.2. The van der Waals surface area contributed by atoms with Crippen molar-refractivity contribution in [2.75, 3.05) is 5.32 Å². The Balaban J connectivity index is 1.60. The number of nitro groups is 2. The predicted molar refractivity (Wildman–Crippen MR) is 115 cm³/mol. The van der Waals surface area contributed by atoms with Crippen LogP contribution in [-0.2, 0) is 11.2 Å². The molecule has 32 heavy (non-hydrogen) atoms. The molecule has 0 bridgehead atoms. The number of rotatable bonds is 8. The van der Waals surface area contributed by atoms with Crippen LogP contribution in [0.1, 0.15) is 12.0 Å². The molecule has 11 heteroatoms. The molecule has 0 atom stereocenters. The van der Waals surface area contributed by atoms with E-state index in [1.165, 1.54) is 12.1 Å². The van der Waals surface area contributed by atoms with Crippen LogP contribution in [-0.4, -0.2) is 15.8 Å². The van der Waals surface area contributed by atoms with Crippen molar-refractivity contribution in [1.82, 2.24) is 0 Å². The van der Waals surface area contributed by atoms with Gasteiger partial charge in [-0.3, -0.25) is 25.0 Å². The summed E-state index contributed by atoms with van der Waals surface area (Å²) < 4.78 is 18.7. The van der Waals surface area contributed by atoms with Crippen molar-refractivity contribution in [1.29, 1.82) is 0 Å². The summed E-state index contributed by atoms with van der Waals surface area (Å²) in [5, 5.41) is 24.5. The molecular formula is C21H15ClFN3O6. The molecule has 3 rings (SSSR count). The zero-order valence-corrected chi connectivity index (χ0v) is 17.0. The fraction of sp³-hybridized carbons (Fsp3) is 0.0952. The van der Waals surface area contributed by atoms with E-state index in [-0.39, 0.29) is 23.1 Å². The van der Waals surface area contributed by atoms with Crippen LogP contribution in [0.3, 0.4) is 0 Å². The summed E-state index contributed by atoms with van der Waals surface area (Å²) in [6.45, 7) is 0. The zero-order valence-electron chi connectivity index (χ0n) is 16.3. The van der Waals surface area contributed by atoms with Crippen LogP contribution in [0.15, 0.2) is 60.7 Å². The normalized spacial score (nSPS) is 10.4. The van der Waals surface area contributed by atoms with E-state index in [0.717, 1.165) is 29.8 Å². The van der Waals surface area contributed by atoms with E-state index in [0.29, 0.717) is 17.9 Å². The first-order valence-corrected chi connectivity index (χ1v) is 9.54. The Morgan fingerprint density at radius 2 is 1.56 bits per heavy atom. The lowest BCUT2D eigenvalue weighted by Crippen LogP contribution is -2.12. The van der Waals surface area contributed by atoms with Gasteiger partial charge in [0.25, 0.3) is 11.4 Å². The van der Waals surface area contributed by atoms with Crippen LogP contribution in [0, 0.1) is 26.0 Å². The molecule has 0 aliphatic carbocycles. The second-order valence-electron chi connectivity index (χ2n) is 6.62. The lowest BCUT2D eigenvalue weighted by molar-refractivity contribution is -0.394. The summed E-state index contributed by atoms with van der Waals surface area (Å²) >= 11 is 5.69. The minimum absolute atomic E-state index is 0.0454. The minimum Gasteiger partial charge on any atom is -0.457 e. The number of halogens is 2. The third kappa shape index (κ3) is 5.99. The third-order valence-corrected chi connectivity index (χ3v) is 4.59. The number of nitro benzene ring substituents is 2. The number of ether oxygens (including phenoxy) is 1. The molecule has 0 aliphatic rings. The molecule has 0 fully saturated rings. The van der Waals surface area contributed by atoms with Gasteiger partial charge in [-0.2, -0.15) is 0 Å². The number of benzene rings is 3. The van der Waals surface area contributed by atoms with Gasteiger partial charge in [0, 0.05) is 12.1 Å². The molecule has 164 valence electrons. The van der Waals surface area contributed by atoms with E-state index in [9.17, 15) is 29.4 Å². The lowest BCUT2D eigenvalue weighted by atomic mass is 10.1. The van der Waals surface area contributed by atoms with Crippen LogP contribution in [0.4, 0.5) is 21.5 Å². The van der Waals surface area contributed by atoms with Crippen LogP contribution in [0.2, 0.25) is 5.02 Å². The van der Waals surface area contributed by atoms with Crippen molar-refractivity contribution in [3.63, 3.8) is 0 Å². The highest BCUT2D eigenvalue weighted by molar-refractivity contribution is 6.31. The zero-order chi connectivity index (χ0) is 23.3. The molecule has 0 saturated heterocycles. The summed E-state index contributed by atoms with van der Waals surface area (Å²) in [7, 11) is 0. The Morgan fingerprint density at radius 1 is 0.938 bits per heavy atom. The van der Waals surface area contributed by atoms with Gasteiger partial charge in [0.1, 0.15) is 17.3 Å². The number of hydrogen-bond donors (Lipinski definition) is 1. The fourth-order valence-electron chi connectivity index (χ4n) is 2.75. The number of nitrogens with one attached hydrogen (secondary N) is 1. The van der Waals surface area contributed by atoms with E-state index >= 15 is 0 Å². The number of hydrogen-bond acceptors (Lipinski definition) is 6. The van der Waals surface area contributed by atoms with Crippen LogP contribution in [0.25, 0.3) is 0 Å². The summed E-state index contributed by atoms with van der Waals surface area (Å²) in [6, 6.07) is 13.5. The molecule has 9 nitrogen and oxygen atoms in total. The summed E-state index contributed by atoms with van der Waals surface area (Å²) in [6.07, 6.45) is 0.565. The average Bonchev–Trinajstić information content (AvgIpc) is 2.75. The van der Waals surface area contributed by atoms with E-state index in [1.807, 2.05) is 0 Å². The van der Waals surface area contributed by atoms with Gasteiger partial charge >= 0.3 is 0 Å². The number of carbonyl (C=O) groups excluding carboxylic acids is 1. The first-order valence-electron chi connectivity index (χ1n) is 9.17. The van der Waals surface area contributed by atoms with Crippen molar-refractivity contribution in [3.05, 3.63) is 97.3 Å². The molecule has 0 spiro atoms. The van der Waals surface area contributed by atoms with Crippen molar-refractivity contribution >= 4 is 34.6 Å². The van der Waals surface area contributed by atoms with Crippen molar-refractivity contribution in [3.8, 4) is 11.5 Å². The summed E-state index contributed by atoms with van der Waals surface area (Å²) in [4.78, 5) is 32.5. The molecule has 3 aromatic carbocycles. The predicted octanol–water partition coefficient (Wildman–Crippen LogP) is 5.66. The molecular weight excluding hydrogens is 445 g/mol. The SMILES string of the molecule is O=C(CCc1ccc(Oc2cc([N+](=O)[O-])cc([N+](=O)[O-])c2)cc1)Nc1ccc(F)c(Cl)c1. The number of carbonyl (C=O) groups is 1. The van der Waals surface area contributed by atoms with Crippen molar-refractivity contribution < 1.29 is 23.8 Å². The Kier molecular flexibility index (Phi) is 6.96. The van der Waals surface area contributed by atoms with E-state index in [4.69, 9.17) is 16.3 Å². The van der Waals surface area contributed by atoms with Crippen LogP contribution >= 0.6 is 11.6 Å². The van der Waals surface area contributed by atoms with E-state index in [2.05, 4.69) is 5.32 Å². The van der Waals surface area contributed by atoms with Gasteiger partial charge in [0.05, 0.1) is 33.1 Å². The van der Waals surface area contributed by atoms with Gasteiger partial charge in [0.2, 0.25) is 5.91 Å². The van der Waals surface area contributed by atoms with Crippen molar-refractivity contribution in [2.24, 2.45) is 0 Å². The highest BCUT2D eigenvalue weighted by Crippen LogP contribution is 2.31. The van der Waals surface area contributed by atoms with Gasteiger partial charge in [-0.25, -0.2) is 4.39 Å². The maximum absolute atomic E-state index is 13.2. The molecule has 0 radical (unpaired) electrons. The highest BCUT2D eigenvalue weighted by atomic mass is 35.5. The first-order chi connectivity index (χ1) is 15.2. The Bertz CT molecular complexity index is 1150. The quantitative estimate of drug-likeness (QED) is 0.342. The Morgan fingerprint density at radius 3 is 2.12 bits per heavy atom. The van der Waals surface area contributed by atoms with Gasteiger partial charge < -0.3 is 10.1 Å². The fourth-order valence-corrected chi connectivity index (χ4v) is 2.93. The summed E-state index contributed by atoms with van der Waals surface area (Å²) in [5.41, 5.74) is 0.282. The maximum Gasteiger partial charge on any atom is 0.280 e. The average molecular weight is 460 g/mol. The number of non-ortho nitro benzene ring substituents is 2. The highest BCUT2D eigenvalue weighted by Gasteiger charge is 2.17. The molecule has 0 saturated carbocycles. The molecule has 3 aromatic rings. The third-order valence-electron chi connectivity index (χ3n) is 4.30. The van der Waals surface area contributed by atoms with Gasteiger partial charge in [-0.05, 0) is 42.3 Å². The molecule has 0 unspecified atom stereocenters. The largest absolute Gasteiger partial charge is 0.457 e. The van der Waals surface area contributed by atoms with Crippen LogP contribution < -0.4 is 10.1 Å². The molecule has 0 aliphatic heterocycles. The second-order valence-corrected chi connectivity index (χ2v) is 7.03. The van der Waals surface area contributed by atoms with E-state index in [1.54, 1.807) is 24.3 Å². The van der Waals surface area contributed by atoms with Gasteiger partial charge in [-0.1, -0.05) is 23.7 Å².